The molecule has 0 fully saturated rings. The summed E-state index contributed by atoms with van der Waals surface area (Å²) in [6.45, 7) is 7.82. The van der Waals surface area contributed by atoms with Crippen LogP contribution in [0.1, 0.15) is 54.2 Å². The topological polar surface area (TPSA) is 59.1 Å². The number of hydrogen-bond acceptors (Lipinski definition) is 4. The first-order valence-corrected chi connectivity index (χ1v) is 12.5. The van der Waals surface area contributed by atoms with Crippen LogP contribution in [0.3, 0.4) is 0 Å². The molecule has 0 spiro atoms. The number of halogens is 1. The second-order valence-electron chi connectivity index (χ2n) is 10.3. The van der Waals surface area contributed by atoms with Crippen molar-refractivity contribution in [2.75, 3.05) is 5.32 Å². The van der Waals surface area contributed by atoms with Gasteiger partial charge in [0.1, 0.15) is 11.6 Å². The number of aromatic nitrogens is 1. The first kappa shape index (κ1) is 25.6. The predicted molar refractivity (Wildman–Crippen MR) is 148 cm³/mol. The van der Waals surface area contributed by atoms with Gasteiger partial charge in [-0.1, -0.05) is 74.3 Å². The number of nitrogens with zero attached hydrogens (tertiary/aromatic N) is 1. The molecule has 0 unspecified atom stereocenters. The molecule has 0 saturated carbocycles. The minimum absolute atomic E-state index is 0.0543. The zero-order valence-corrected chi connectivity index (χ0v) is 21.9. The average molecular weight is 499 g/mol. The van der Waals surface area contributed by atoms with E-state index in [0.717, 1.165) is 33.4 Å². The van der Waals surface area contributed by atoms with Gasteiger partial charge in [-0.05, 0) is 60.2 Å². The quantitative estimate of drug-likeness (QED) is 0.251. The molecule has 5 heteroatoms. The van der Waals surface area contributed by atoms with Crippen LogP contribution >= 0.6 is 11.6 Å². The first-order valence-electron chi connectivity index (χ1n) is 12.2. The fraction of sp³-hybridized carbons (Fsp3) is 0.258. The van der Waals surface area contributed by atoms with Crippen LogP contribution in [-0.4, -0.2) is 16.6 Å². The van der Waals surface area contributed by atoms with E-state index in [1.807, 2.05) is 69.3 Å². The number of ketones is 2. The smallest absolute Gasteiger partial charge is 0.168 e. The van der Waals surface area contributed by atoms with Crippen molar-refractivity contribution >= 4 is 45.4 Å². The highest BCUT2D eigenvalue weighted by atomic mass is 35.5. The van der Waals surface area contributed by atoms with Gasteiger partial charge in [0.25, 0.3) is 0 Å². The number of aryl methyl sites for hydroxylation is 2. The zero-order valence-electron chi connectivity index (χ0n) is 21.2. The monoisotopic (exact) mass is 498 g/mol. The molecule has 4 nitrogen and oxygen atoms in total. The lowest BCUT2D eigenvalue weighted by Gasteiger charge is -2.16. The van der Waals surface area contributed by atoms with E-state index in [-0.39, 0.29) is 23.4 Å². The molecule has 4 aromatic rings. The Hall–Kier alpha value is -3.50. The molecule has 0 saturated heterocycles. The van der Waals surface area contributed by atoms with Gasteiger partial charge in [0.05, 0.1) is 5.02 Å². The molecule has 1 heterocycles. The maximum Gasteiger partial charge on any atom is 0.168 e. The van der Waals surface area contributed by atoms with Crippen molar-refractivity contribution in [3.05, 3.63) is 100 Å². The van der Waals surface area contributed by atoms with E-state index >= 15 is 0 Å². The fourth-order valence-electron chi connectivity index (χ4n) is 4.14. The minimum Gasteiger partial charge on any atom is -0.340 e. The van der Waals surface area contributed by atoms with Crippen molar-refractivity contribution in [1.29, 1.82) is 0 Å². The van der Waals surface area contributed by atoms with Crippen molar-refractivity contribution in [3.8, 4) is 0 Å². The third-order valence-electron chi connectivity index (χ3n) is 6.37. The number of pyridine rings is 1. The number of fused-ring (bicyclic) bond motifs is 1. The highest BCUT2D eigenvalue weighted by molar-refractivity contribution is 6.34. The average Bonchev–Trinajstić information content (AvgIpc) is 2.84. The summed E-state index contributed by atoms with van der Waals surface area (Å²) < 4.78 is 0. The molecule has 3 aromatic carbocycles. The number of carbonyl (C=O) groups excluding carboxylic acids is 2. The van der Waals surface area contributed by atoms with Crippen molar-refractivity contribution in [1.82, 2.24) is 4.98 Å². The Morgan fingerprint density at radius 2 is 1.69 bits per heavy atom. The molecule has 0 bridgehead atoms. The van der Waals surface area contributed by atoms with Gasteiger partial charge in [-0.25, -0.2) is 4.98 Å². The van der Waals surface area contributed by atoms with Gasteiger partial charge in [0.2, 0.25) is 0 Å². The molecule has 1 aromatic heterocycles. The lowest BCUT2D eigenvalue weighted by atomic mass is 9.87. The summed E-state index contributed by atoms with van der Waals surface area (Å²) in [6.07, 6.45) is 3.00. The van der Waals surface area contributed by atoms with Crippen LogP contribution < -0.4 is 5.32 Å². The van der Waals surface area contributed by atoms with Crippen molar-refractivity contribution < 1.29 is 9.59 Å². The van der Waals surface area contributed by atoms with E-state index in [4.69, 9.17) is 11.6 Å². The minimum atomic E-state index is -0.374. The highest BCUT2D eigenvalue weighted by Gasteiger charge is 2.21. The fourth-order valence-corrected chi connectivity index (χ4v) is 4.37. The number of anilines is 2. The van der Waals surface area contributed by atoms with Crippen molar-refractivity contribution in [2.45, 2.75) is 47.0 Å². The van der Waals surface area contributed by atoms with E-state index in [9.17, 15) is 9.59 Å². The third-order valence-corrected chi connectivity index (χ3v) is 6.70. The van der Waals surface area contributed by atoms with Gasteiger partial charge in [-0.3, -0.25) is 9.59 Å². The number of benzene rings is 3. The first-order chi connectivity index (χ1) is 17.1. The van der Waals surface area contributed by atoms with Crippen LogP contribution in [0, 0.1) is 12.3 Å². The molecular weight excluding hydrogens is 468 g/mol. The van der Waals surface area contributed by atoms with E-state index in [0.29, 0.717) is 23.4 Å². The zero-order chi connectivity index (χ0) is 25.9. The van der Waals surface area contributed by atoms with E-state index in [1.165, 1.54) is 5.56 Å². The summed E-state index contributed by atoms with van der Waals surface area (Å²) >= 11 is 6.43. The molecule has 0 aliphatic rings. The molecule has 36 heavy (non-hydrogen) atoms. The second kappa shape index (κ2) is 10.6. The molecule has 0 atom stereocenters. The van der Waals surface area contributed by atoms with Crippen molar-refractivity contribution in [3.63, 3.8) is 0 Å². The molecule has 0 radical (unpaired) electrons. The van der Waals surface area contributed by atoms with Crippen LogP contribution in [0.4, 0.5) is 11.5 Å². The maximum absolute atomic E-state index is 13.4. The largest absolute Gasteiger partial charge is 0.340 e. The Balaban J connectivity index is 1.57. The second-order valence-corrected chi connectivity index (χ2v) is 10.7. The Morgan fingerprint density at radius 1 is 0.944 bits per heavy atom. The summed E-state index contributed by atoms with van der Waals surface area (Å²) in [5, 5.41) is 5.74. The van der Waals surface area contributed by atoms with Gasteiger partial charge >= 0.3 is 0 Å². The summed E-state index contributed by atoms with van der Waals surface area (Å²) in [5.41, 5.74) is 4.11. The Morgan fingerprint density at radius 3 is 2.42 bits per heavy atom. The summed E-state index contributed by atoms with van der Waals surface area (Å²) in [5.74, 6) is 0.889. The lowest BCUT2D eigenvalue weighted by molar-refractivity contribution is -0.126. The number of rotatable bonds is 8. The molecular formula is C31H31ClN2O2. The standard InChI is InChI=1S/C31H31ClN2O2/c1-20-8-12-23(13-9-20)34-30-25-7-5-6-22(24(25)16-17-33-30)19-28(35)26-18-21(10-14-27(26)32)11-15-29(36)31(2,3)4/h5-10,12-14,16-18H,11,15,19H2,1-4H3,(H,33,34). The molecule has 184 valence electrons. The molecule has 1 N–H and O–H groups in total. The van der Waals surface area contributed by atoms with E-state index in [1.54, 1.807) is 12.3 Å². The molecule has 0 amide bonds. The summed E-state index contributed by atoms with van der Waals surface area (Å²) in [6, 6.07) is 21.5. The molecule has 4 rings (SSSR count). The number of hydrogen-bond donors (Lipinski definition) is 1. The Bertz CT molecular complexity index is 1420. The number of Topliss-reactive ketones (excluding diaryl/α,β-unsaturated/α-hetero) is 2. The number of carbonyl (C=O) groups is 2. The van der Waals surface area contributed by atoms with Gasteiger partial charge in [0, 0.05) is 41.1 Å². The van der Waals surface area contributed by atoms with Crippen molar-refractivity contribution in [2.24, 2.45) is 5.41 Å². The maximum atomic E-state index is 13.4. The molecule has 0 aliphatic heterocycles. The highest BCUT2D eigenvalue weighted by Crippen LogP contribution is 2.29. The lowest BCUT2D eigenvalue weighted by Crippen LogP contribution is -2.20. The summed E-state index contributed by atoms with van der Waals surface area (Å²) in [4.78, 5) is 30.2. The Labute approximate surface area is 217 Å². The van der Waals surface area contributed by atoms with Crippen LogP contribution in [0.5, 0.6) is 0 Å². The van der Waals surface area contributed by atoms with Crippen LogP contribution in [0.25, 0.3) is 10.8 Å². The summed E-state index contributed by atoms with van der Waals surface area (Å²) in [7, 11) is 0. The van der Waals surface area contributed by atoms with Crippen LogP contribution in [0.2, 0.25) is 5.02 Å². The van der Waals surface area contributed by atoms with Gasteiger partial charge < -0.3 is 5.32 Å². The third kappa shape index (κ3) is 6.00. The van der Waals surface area contributed by atoms with Gasteiger partial charge in [-0.2, -0.15) is 0 Å². The van der Waals surface area contributed by atoms with Crippen LogP contribution in [-0.2, 0) is 17.6 Å². The normalized spacial score (nSPS) is 11.5. The van der Waals surface area contributed by atoms with Gasteiger partial charge in [-0.15, -0.1) is 0 Å². The van der Waals surface area contributed by atoms with E-state index < -0.39 is 0 Å². The predicted octanol–water partition coefficient (Wildman–Crippen LogP) is 7.91. The number of nitrogens with one attached hydrogen (secondary N) is 1. The van der Waals surface area contributed by atoms with Crippen LogP contribution in [0.15, 0.2) is 72.9 Å². The molecule has 0 aliphatic carbocycles. The SMILES string of the molecule is Cc1ccc(Nc2nccc3c(CC(=O)c4cc(CCC(=O)C(C)(C)C)ccc4Cl)cccc23)cc1. The van der Waals surface area contributed by atoms with Gasteiger partial charge in [0.15, 0.2) is 5.78 Å². The van der Waals surface area contributed by atoms with E-state index in [2.05, 4.69) is 29.4 Å². The Kier molecular flexibility index (Phi) is 7.56.